The van der Waals surface area contributed by atoms with Crippen LogP contribution in [0.5, 0.6) is 0 Å². The van der Waals surface area contributed by atoms with E-state index in [2.05, 4.69) is 10.1 Å². The maximum Gasteiger partial charge on any atom is 0.410 e. The first kappa shape index (κ1) is 10.7. The topological polar surface area (TPSA) is 64.6 Å². The van der Waals surface area contributed by atoms with Crippen molar-refractivity contribution in [2.45, 2.75) is 26.6 Å². The molecule has 0 unspecified atom stereocenters. The summed E-state index contributed by atoms with van der Waals surface area (Å²) in [5.74, 6) is -1.71. The van der Waals surface area contributed by atoms with E-state index in [0.29, 0.717) is 0 Å². The molecule has 0 aliphatic heterocycles. The Morgan fingerprint density at radius 3 is 2.08 bits per heavy atom. The van der Waals surface area contributed by atoms with Crippen molar-refractivity contribution in [3.63, 3.8) is 0 Å². The number of rotatable bonds is 2. The van der Waals surface area contributed by atoms with Crippen molar-refractivity contribution in [3.8, 4) is 0 Å². The number of hydrogen-bond acceptors (Lipinski definition) is 4. The van der Waals surface area contributed by atoms with Gasteiger partial charge in [0.05, 0.1) is 0 Å². The molecule has 0 spiro atoms. The van der Waals surface area contributed by atoms with Crippen LogP contribution in [0.25, 0.3) is 0 Å². The summed E-state index contributed by atoms with van der Waals surface area (Å²) in [4.78, 5) is 21.2. The Kier molecular flexibility index (Phi) is 3.53. The van der Waals surface area contributed by atoms with Gasteiger partial charge in [0.2, 0.25) is 0 Å². The molecule has 12 heavy (non-hydrogen) atoms. The number of amides is 1. The van der Waals surface area contributed by atoms with Crippen molar-refractivity contribution in [3.05, 3.63) is 0 Å². The molecule has 0 atom stereocenters. The zero-order valence-electron chi connectivity index (χ0n) is 7.63. The van der Waals surface area contributed by atoms with Gasteiger partial charge in [-0.15, -0.1) is 0 Å². The Labute approximate surface area is 71.0 Å². The van der Waals surface area contributed by atoms with Crippen LogP contribution in [-0.2, 0) is 14.3 Å². The molecular weight excluding hydrogens is 162 g/mol. The van der Waals surface area contributed by atoms with Gasteiger partial charge < -0.3 is 14.8 Å². The number of ether oxygens (including phenoxy) is 2. The molecule has 0 aromatic carbocycles. The largest absolute Gasteiger partial charge is 0.423 e. The highest BCUT2D eigenvalue weighted by Crippen LogP contribution is 2.10. The molecule has 5 heteroatoms. The second-order valence-corrected chi connectivity index (χ2v) is 2.63. The second kappa shape index (κ2) is 3.94. The Bertz CT molecular complexity index is 188. The first-order valence-corrected chi connectivity index (χ1v) is 3.47. The lowest BCUT2D eigenvalue weighted by Gasteiger charge is -2.23. The van der Waals surface area contributed by atoms with Gasteiger partial charge in [0.1, 0.15) is 0 Å². The predicted molar refractivity (Wildman–Crippen MR) is 41.4 cm³/mol. The van der Waals surface area contributed by atoms with E-state index < -0.39 is 17.8 Å². The first-order chi connectivity index (χ1) is 5.37. The lowest BCUT2D eigenvalue weighted by Crippen LogP contribution is -2.36. The monoisotopic (exact) mass is 175 g/mol. The van der Waals surface area contributed by atoms with Crippen molar-refractivity contribution in [1.29, 1.82) is 0 Å². The quantitative estimate of drug-likeness (QED) is 0.494. The predicted octanol–water partition coefficient (Wildman–Crippen LogP) is 0.642. The second-order valence-electron chi connectivity index (χ2n) is 2.63. The SMILES string of the molecule is CNC(=O)OC(C)(C)OC(C)=O. The summed E-state index contributed by atoms with van der Waals surface area (Å²) >= 11 is 0. The fraction of sp³-hybridized carbons (Fsp3) is 0.714. The molecule has 0 aliphatic carbocycles. The van der Waals surface area contributed by atoms with Crippen molar-refractivity contribution in [2.75, 3.05) is 7.05 Å². The van der Waals surface area contributed by atoms with E-state index in [9.17, 15) is 9.59 Å². The number of esters is 1. The van der Waals surface area contributed by atoms with E-state index in [1.807, 2.05) is 0 Å². The van der Waals surface area contributed by atoms with Gasteiger partial charge in [-0.3, -0.25) is 4.79 Å². The Hall–Kier alpha value is -1.26. The van der Waals surface area contributed by atoms with Crippen LogP contribution < -0.4 is 5.32 Å². The van der Waals surface area contributed by atoms with Gasteiger partial charge in [-0.25, -0.2) is 4.79 Å². The van der Waals surface area contributed by atoms with Gasteiger partial charge in [0.25, 0.3) is 5.79 Å². The first-order valence-electron chi connectivity index (χ1n) is 3.47. The minimum Gasteiger partial charge on any atom is -0.423 e. The van der Waals surface area contributed by atoms with Crippen molar-refractivity contribution >= 4 is 12.1 Å². The number of nitrogens with one attached hydrogen (secondary N) is 1. The lowest BCUT2D eigenvalue weighted by molar-refractivity contribution is -0.191. The van der Waals surface area contributed by atoms with Crippen molar-refractivity contribution < 1.29 is 19.1 Å². The zero-order valence-corrected chi connectivity index (χ0v) is 7.63. The summed E-state index contributed by atoms with van der Waals surface area (Å²) in [5, 5.41) is 2.24. The molecule has 5 nitrogen and oxygen atoms in total. The van der Waals surface area contributed by atoms with Gasteiger partial charge >= 0.3 is 12.1 Å². The van der Waals surface area contributed by atoms with Crippen molar-refractivity contribution in [1.82, 2.24) is 5.32 Å². The van der Waals surface area contributed by atoms with Crippen LogP contribution in [-0.4, -0.2) is 24.9 Å². The van der Waals surface area contributed by atoms with E-state index in [1.54, 1.807) is 0 Å². The molecule has 0 rings (SSSR count). The van der Waals surface area contributed by atoms with Gasteiger partial charge in [0, 0.05) is 27.8 Å². The summed E-state index contributed by atoms with van der Waals surface area (Å²) in [6, 6.07) is 0. The molecule has 0 saturated carbocycles. The van der Waals surface area contributed by atoms with Crippen LogP contribution in [0.4, 0.5) is 4.79 Å². The number of carbonyl (C=O) groups excluding carboxylic acids is 2. The molecule has 1 N–H and O–H groups in total. The van der Waals surface area contributed by atoms with E-state index in [1.165, 1.54) is 27.8 Å². The molecule has 70 valence electrons. The fourth-order valence-electron chi connectivity index (χ4n) is 0.641. The van der Waals surface area contributed by atoms with Gasteiger partial charge in [0.15, 0.2) is 0 Å². The van der Waals surface area contributed by atoms with Crippen LogP contribution in [0.2, 0.25) is 0 Å². The van der Waals surface area contributed by atoms with Gasteiger partial charge in [-0.2, -0.15) is 0 Å². The third kappa shape index (κ3) is 4.54. The van der Waals surface area contributed by atoms with Gasteiger partial charge in [-0.05, 0) is 0 Å². The van der Waals surface area contributed by atoms with Crippen LogP contribution in [0.1, 0.15) is 20.8 Å². The highest BCUT2D eigenvalue weighted by Gasteiger charge is 2.25. The average Bonchev–Trinajstić information content (AvgIpc) is 1.83. The third-order valence-electron chi connectivity index (χ3n) is 0.932. The molecule has 0 bridgehead atoms. The maximum atomic E-state index is 10.7. The van der Waals surface area contributed by atoms with Crippen LogP contribution >= 0.6 is 0 Å². The van der Waals surface area contributed by atoms with Crippen LogP contribution in [0.15, 0.2) is 0 Å². The summed E-state index contributed by atoms with van der Waals surface area (Å²) in [7, 11) is 1.42. The summed E-state index contributed by atoms with van der Waals surface area (Å²) in [6.07, 6.45) is -0.638. The Morgan fingerprint density at radius 1 is 1.25 bits per heavy atom. The summed E-state index contributed by atoms with van der Waals surface area (Å²) in [5.41, 5.74) is 0. The molecule has 1 amide bonds. The third-order valence-corrected chi connectivity index (χ3v) is 0.932. The van der Waals surface area contributed by atoms with E-state index >= 15 is 0 Å². The normalized spacial score (nSPS) is 10.3. The molecule has 0 heterocycles. The molecule has 0 aromatic heterocycles. The minimum atomic E-state index is -1.22. The van der Waals surface area contributed by atoms with E-state index in [4.69, 9.17) is 4.74 Å². The standard InChI is InChI=1S/C7H13NO4/c1-5(9)11-7(2,3)12-6(10)8-4/h1-4H3,(H,8,10). The molecular formula is C7H13NO4. The summed E-state index contributed by atoms with van der Waals surface area (Å²) in [6.45, 7) is 4.20. The fourth-order valence-corrected chi connectivity index (χ4v) is 0.641. The summed E-state index contributed by atoms with van der Waals surface area (Å²) < 4.78 is 9.39. The highest BCUT2D eigenvalue weighted by molar-refractivity contribution is 5.69. The van der Waals surface area contributed by atoms with Crippen LogP contribution in [0, 0.1) is 0 Å². The molecule has 0 aromatic rings. The van der Waals surface area contributed by atoms with Gasteiger partial charge in [-0.1, -0.05) is 0 Å². The lowest BCUT2D eigenvalue weighted by atomic mass is 10.4. The number of hydrogen-bond donors (Lipinski definition) is 1. The van der Waals surface area contributed by atoms with E-state index in [-0.39, 0.29) is 0 Å². The minimum absolute atomic E-state index is 0.496. The molecule has 0 saturated heterocycles. The average molecular weight is 175 g/mol. The Morgan fingerprint density at radius 2 is 1.75 bits per heavy atom. The Balaban J connectivity index is 4.03. The zero-order chi connectivity index (χ0) is 9.78. The molecule has 0 fully saturated rings. The van der Waals surface area contributed by atoms with E-state index in [0.717, 1.165) is 0 Å². The molecule has 0 radical (unpaired) electrons. The van der Waals surface area contributed by atoms with Crippen LogP contribution in [0.3, 0.4) is 0 Å². The van der Waals surface area contributed by atoms with Crippen molar-refractivity contribution in [2.24, 2.45) is 0 Å². The smallest absolute Gasteiger partial charge is 0.410 e. The highest BCUT2D eigenvalue weighted by atomic mass is 16.7. The maximum absolute atomic E-state index is 10.7. The number of carbonyl (C=O) groups is 2. The number of alkyl carbamates (subject to hydrolysis) is 1. The molecule has 0 aliphatic rings.